The quantitative estimate of drug-likeness (QED) is 0.752. The lowest BCUT2D eigenvalue weighted by atomic mass is 10.2. The molecule has 3 aromatic rings. The van der Waals surface area contributed by atoms with E-state index in [1.165, 1.54) is 0 Å². The molecule has 24 heavy (non-hydrogen) atoms. The summed E-state index contributed by atoms with van der Waals surface area (Å²) in [5.41, 5.74) is 2.81. The molecule has 0 amide bonds. The lowest BCUT2D eigenvalue weighted by molar-refractivity contribution is 0.397. The Balaban J connectivity index is 1.82. The highest BCUT2D eigenvalue weighted by Gasteiger charge is 2.07. The third-order valence-corrected chi connectivity index (χ3v) is 3.52. The van der Waals surface area contributed by atoms with Crippen LogP contribution < -0.4 is 10.1 Å². The monoisotopic (exact) mass is 321 g/mol. The average molecular weight is 321 g/mol. The predicted octanol–water partition coefficient (Wildman–Crippen LogP) is 3.12. The second-order valence-corrected chi connectivity index (χ2v) is 5.20. The summed E-state index contributed by atoms with van der Waals surface area (Å²) in [7, 11) is 1.61. The minimum Gasteiger partial charge on any atom is -0.481 e. The molecule has 0 aliphatic carbocycles. The Morgan fingerprint density at radius 1 is 1.04 bits per heavy atom. The highest BCUT2D eigenvalue weighted by atomic mass is 16.5. The molecule has 6 nitrogen and oxygen atoms in total. The summed E-state index contributed by atoms with van der Waals surface area (Å²) in [5.74, 6) is 2.00. The molecule has 0 aromatic carbocycles. The molecule has 1 N–H and O–H groups in total. The maximum atomic E-state index is 5.15. The Bertz CT molecular complexity index is 808. The van der Waals surface area contributed by atoms with Crippen molar-refractivity contribution >= 4 is 5.82 Å². The Morgan fingerprint density at radius 2 is 1.96 bits per heavy atom. The van der Waals surface area contributed by atoms with Crippen molar-refractivity contribution in [3.8, 4) is 17.4 Å². The number of pyridine rings is 2. The van der Waals surface area contributed by atoms with Gasteiger partial charge in [-0.2, -0.15) is 0 Å². The van der Waals surface area contributed by atoms with E-state index in [1.807, 2.05) is 36.4 Å². The fourth-order valence-electron chi connectivity index (χ4n) is 2.24. The van der Waals surface area contributed by atoms with Crippen molar-refractivity contribution in [3.05, 3.63) is 60.0 Å². The number of hydrogen-bond acceptors (Lipinski definition) is 6. The number of methoxy groups -OCH3 is 1. The standard InChI is InChI=1S/C18H19N5O/c1-3-14-11-16(21-12-13-7-9-20-17(10-13)24-2)23-18(22-14)15-6-4-5-8-19-15/h4-11H,3,12H2,1-2H3,(H,21,22,23). The fourth-order valence-corrected chi connectivity index (χ4v) is 2.24. The Labute approximate surface area is 141 Å². The van der Waals surface area contributed by atoms with Crippen molar-refractivity contribution in [1.29, 1.82) is 0 Å². The first-order chi connectivity index (χ1) is 11.8. The van der Waals surface area contributed by atoms with Gasteiger partial charge >= 0.3 is 0 Å². The Hall–Kier alpha value is -3.02. The molecule has 6 heteroatoms. The van der Waals surface area contributed by atoms with Crippen LogP contribution in [-0.2, 0) is 13.0 Å². The van der Waals surface area contributed by atoms with E-state index >= 15 is 0 Å². The highest BCUT2D eigenvalue weighted by Crippen LogP contribution is 2.17. The van der Waals surface area contributed by atoms with Crippen molar-refractivity contribution in [3.63, 3.8) is 0 Å². The van der Waals surface area contributed by atoms with Gasteiger partial charge in [-0.15, -0.1) is 0 Å². The van der Waals surface area contributed by atoms with Crippen LogP contribution in [-0.4, -0.2) is 27.0 Å². The van der Waals surface area contributed by atoms with Gasteiger partial charge in [0.1, 0.15) is 11.5 Å². The van der Waals surface area contributed by atoms with E-state index in [2.05, 4.69) is 32.2 Å². The molecular formula is C18H19N5O. The van der Waals surface area contributed by atoms with E-state index in [9.17, 15) is 0 Å². The summed E-state index contributed by atoms with van der Waals surface area (Å²) in [6, 6.07) is 11.5. The summed E-state index contributed by atoms with van der Waals surface area (Å²) in [6.07, 6.45) is 4.31. The fraction of sp³-hybridized carbons (Fsp3) is 0.222. The SMILES string of the molecule is CCc1cc(NCc2ccnc(OC)c2)nc(-c2ccccn2)n1. The van der Waals surface area contributed by atoms with Gasteiger partial charge in [-0.3, -0.25) is 4.98 Å². The second kappa shape index (κ2) is 7.50. The zero-order chi connectivity index (χ0) is 16.8. The third-order valence-electron chi connectivity index (χ3n) is 3.52. The van der Waals surface area contributed by atoms with Crippen LogP contribution in [0.25, 0.3) is 11.5 Å². The Morgan fingerprint density at radius 3 is 2.71 bits per heavy atom. The number of aromatic nitrogens is 4. The van der Waals surface area contributed by atoms with Gasteiger partial charge in [-0.05, 0) is 30.2 Å². The normalized spacial score (nSPS) is 10.4. The van der Waals surface area contributed by atoms with Crippen molar-refractivity contribution in [2.24, 2.45) is 0 Å². The van der Waals surface area contributed by atoms with E-state index in [0.717, 1.165) is 29.2 Å². The molecule has 0 aliphatic heterocycles. The topological polar surface area (TPSA) is 72.8 Å². The molecule has 0 aliphatic rings. The van der Waals surface area contributed by atoms with E-state index in [-0.39, 0.29) is 0 Å². The molecule has 0 saturated carbocycles. The van der Waals surface area contributed by atoms with Crippen molar-refractivity contribution in [2.45, 2.75) is 19.9 Å². The highest BCUT2D eigenvalue weighted by molar-refractivity contribution is 5.53. The van der Waals surface area contributed by atoms with Crippen molar-refractivity contribution in [2.75, 3.05) is 12.4 Å². The number of anilines is 1. The first-order valence-electron chi connectivity index (χ1n) is 7.80. The maximum Gasteiger partial charge on any atom is 0.213 e. The van der Waals surface area contributed by atoms with Crippen LogP contribution in [0.5, 0.6) is 5.88 Å². The first kappa shape index (κ1) is 15.9. The van der Waals surface area contributed by atoms with Gasteiger partial charge in [-0.25, -0.2) is 15.0 Å². The van der Waals surface area contributed by atoms with Gasteiger partial charge in [0.15, 0.2) is 5.82 Å². The van der Waals surface area contributed by atoms with Gasteiger partial charge in [0.25, 0.3) is 0 Å². The molecular weight excluding hydrogens is 302 g/mol. The average Bonchev–Trinajstić information content (AvgIpc) is 2.67. The van der Waals surface area contributed by atoms with Gasteiger partial charge in [-0.1, -0.05) is 13.0 Å². The van der Waals surface area contributed by atoms with Crippen LogP contribution in [0.2, 0.25) is 0 Å². The van der Waals surface area contributed by atoms with E-state index in [1.54, 1.807) is 19.5 Å². The van der Waals surface area contributed by atoms with Crippen LogP contribution >= 0.6 is 0 Å². The Kier molecular flexibility index (Phi) is 4.96. The minimum absolute atomic E-state index is 0.598. The second-order valence-electron chi connectivity index (χ2n) is 5.20. The maximum absolute atomic E-state index is 5.15. The molecule has 0 saturated heterocycles. The molecule has 122 valence electrons. The summed E-state index contributed by atoms with van der Waals surface area (Å²) in [5, 5.41) is 3.33. The lowest BCUT2D eigenvalue weighted by Gasteiger charge is -2.10. The molecule has 0 atom stereocenters. The van der Waals surface area contributed by atoms with Gasteiger partial charge in [0.2, 0.25) is 5.88 Å². The molecule has 3 aromatic heterocycles. The van der Waals surface area contributed by atoms with Crippen LogP contribution in [0, 0.1) is 0 Å². The van der Waals surface area contributed by atoms with Crippen molar-refractivity contribution < 1.29 is 4.74 Å². The minimum atomic E-state index is 0.598. The van der Waals surface area contributed by atoms with Crippen molar-refractivity contribution in [1.82, 2.24) is 19.9 Å². The number of ether oxygens (including phenoxy) is 1. The molecule has 3 rings (SSSR count). The molecule has 0 unspecified atom stereocenters. The molecule has 0 bridgehead atoms. The largest absolute Gasteiger partial charge is 0.481 e. The number of aryl methyl sites for hydroxylation is 1. The molecule has 0 radical (unpaired) electrons. The smallest absolute Gasteiger partial charge is 0.213 e. The van der Waals surface area contributed by atoms with Crippen LogP contribution in [0.15, 0.2) is 48.8 Å². The van der Waals surface area contributed by atoms with Crippen LogP contribution in [0.4, 0.5) is 5.82 Å². The molecule has 0 spiro atoms. The number of nitrogens with zero attached hydrogens (tertiary/aromatic N) is 4. The molecule has 3 heterocycles. The van der Waals surface area contributed by atoms with Gasteiger partial charge in [0.05, 0.1) is 7.11 Å². The zero-order valence-electron chi connectivity index (χ0n) is 13.7. The summed E-state index contributed by atoms with van der Waals surface area (Å²) >= 11 is 0. The summed E-state index contributed by atoms with van der Waals surface area (Å²) in [4.78, 5) is 17.6. The summed E-state index contributed by atoms with van der Waals surface area (Å²) < 4.78 is 5.15. The zero-order valence-corrected chi connectivity index (χ0v) is 13.7. The van der Waals surface area contributed by atoms with E-state index < -0.39 is 0 Å². The number of hydrogen-bond donors (Lipinski definition) is 1. The van der Waals surface area contributed by atoms with E-state index in [4.69, 9.17) is 4.74 Å². The van der Waals surface area contributed by atoms with Crippen LogP contribution in [0.3, 0.4) is 0 Å². The predicted molar refractivity (Wildman–Crippen MR) is 92.8 cm³/mol. The van der Waals surface area contributed by atoms with E-state index in [0.29, 0.717) is 18.2 Å². The van der Waals surface area contributed by atoms with Crippen LogP contribution in [0.1, 0.15) is 18.2 Å². The number of nitrogens with one attached hydrogen (secondary N) is 1. The summed E-state index contributed by atoms with van der Waals surface area (Å²) in [6.45, 7) is 2.70. The molecule has 0 fully saturated rings. The lowest BCUT2D eigenvalue weighted by Crippen LogP contribution is -2.05. The third kappa shape index (κ3) is 3.84. The van der Waals surface area contributed by atoms with Gasteiger partial charge < -0.3 is 10.1 Å². The van der Waals surface area contributed by atoms with Gasteiger partial charge in [0, 0.05) is 36.8 Å². The number of rotatable bonds is 6. The first-order valence-corrected chi connectivity index (χ1v) is 7.80.